The molecule has 0 spiro atoms. The number of aliphatic hydroxyl groups is 1. The van der Waals surface area contributed by atoms with E-state index in [0.717, 1.165) is 7.11 Å². The van der Waals surface area contributed by atoms with Crippen molar-refractivity contribution in [3.63, 3.8) is 0 Å². The maximum atomic E-state index is 12.4. The number of hydrogen-bond donors (Lipinski definition) is 1. The Morgan fingerprint density at radius 1 is 1.27 bits per heavy atom. The van der Waals surface area contributed by atoms with E-state index in [1.807, 2.05) is 18.7 Å². The highest BCUT2D eigenvalue weighted by molar-refractivity contribution is 6.34. The summed E-state index contributed by atoms with van der Waals surface area (Å²) in [7, 11) is 2.37. The van der Waals surface area contributed by atoms with E-state index in [9.17, 15) is 14.7 Å². The Labute approximate surface area is 161 Å². The summed E-state index contributed by atoms with van der Waals surface area (Å²) in [4.78, 5) is 30.7. The Kier molecular flexibility index (Phi) is 6.16. The van der Waals surface area contributed by atoms with Crippen LogP contribution in [0.1, 0.15) is 31.4 Å². The second kappa shape index (κ2) is 7.82. The molecule has 1 heterocycles. The first-order valence-corrected chi connectivity index (χ1v) is 8.74. The third-order valence-electron chi connectivity index (χ3n) is 4.38. The fraction of sp³-hybridized carbons (Fsp3) is 0.471. The highest BCUT2D eigenvalue weighted by Gasteiger charge is 2.49. The largest absolute Gasteiger partial charge is 0.467 e. The number of esters is 2. The average Bonchev–Trinajstić information content (AvgIpc) is 2.62. The topological polar surface area (TPSA) is 89.0 Å². The summed E-state index contributed by atoms with van der Waals surface area (Å²) < 4.78 is 9.62. The zero-order valence-corrected chi connectivity index (χ0v) is 16.4. The molecular weight excluding hydrogens is 383 g/mol. The van der Waals surface area contributed by atoms with Crippen molar-refractivity contribution in [1.82, 2.24) is 9.88 Å². The molecule has 9 heteroatoms. The molecule has 1 aliphatic rings. The standard InChI is InChI=1S/C17H20Cl2N2O5/c1-5-21(6-2)13-9(15(22)25-3)8-17(24,16(23)26-4)10-7-11(18)20-14(19)12(10)13/h7,24H,5-6,8H2,1-4H3. The second-order valence-corrected chi connectivity index (χ2v) is 6.42. The monoisotopic (exact) mass is 402 g/mol. The van der Waals surface area contributed by atoms with Crippen LogP contribution < -0.4 is 0 Å². The summed E-state index contributed by atoms with van der Waals surface area (Å²) in [6.45, 7) is 4.93. The molecule has 0 aromatic carbocycles. The van der Waals surface area contributed by atoms with Gasteiger partial charge in [0.1, 0.15) is 10.3 Å². The summed E-state index contributed by atoms with van der Waals surface area (Å²) in [5.41, 5.74) is -1.16. The van der Waals surface area contributed by atoms with Crippen LogP contribution in [0.25, 0.3) is 5.70 Å². The van der Waals surface area contributed by atoms with Gasteiger partial charge in [0.15, 0.2) is 5.60 Å². The fourth-order valence-electron chi connectivity index (χ4n) is 3.15. The van der Waals surface area contributed by atoms with Crippen molar-refractivity contribution in [3.8, 4) is 0 Å². The molecule has 1 aromatic heterocycles. The lowest BCUT2D eigenvalue weighted by atomic mass is 9.77. The first-order chi connectivity index (χ1) is 12.2. The number of aromatic nitrogens is 1. The molecule has 26 heavy (non-hydrogen) atoms. The maximum Gasteiger partial charge on any atom is 0.342 e. The summed E-state index contributed by atoms with van der Waals surface area (Å²) in [5.74, 6) is -1.61. The van der Waals surface area contributed by atoms with Crippen LogP contribution in [0.5, 0.6) is 0 Å². The SMILES string of the molecule is CCN(CC)C1=C(C(=O)OC)CC(O)(C(=O)OC)c2cc(Cl)nc(Cl)c21. The minimum atomic E-state index is -2.14. The molecule has 142 valence electrons. The van der Waals surface area contributed by atoms with Gasteiger partial charge in [-0.05, 0) is 19.9 Å². The van der Waals surface area contributed by atoms with E-state index in [1.54, 1.807) is 0 Å². The molecule has 1 aromatic rings. The van der Waals surface area contributed by atoms with E-state index in [1.165, 1.54) is 13.2 Å². The lowest BCUT2D eigenvalue weighted by Crippen LogP contribution is -2.43. The predicted octanol–water partition coefficient (Wildman–Crippen LogP) is 2.38. The van der Waals surface area contributed by atoms with Gasteiger partial charge in [-0.1, -0.05) is 23.2 Å². The van der Waals surface area contributed by atoms with Crippen LogP contribution in [0.4, 0.5) is 0 Å². The molecular formula is C17H20Cl2N2O5. The minimum Gasteiger partial charge on any atom is -0.467 e. The molecule has 2 rings (SSSR count). The van der Waals surface area contributed by atoms with Crippen LogP contribution in [0.2, 0.25) is 10.3 Å². The Morgan fingerprint density at radius 2 is 1.88 bits per heavy atom. The molecule has 0 bridgehead atoms. The molecule has 0 fully saturated rings. The van der Waals surface area contributed by atoms with Gasteiger partial charge in [-0.25, -0.2) is 14.6 Å². The zero-order chi connectivity index (χ0) is 19.6. The molecule has 1 atom stereocenters. The van der Waals surface area contributed by atoms with Gasteiger partial charge in [-0.15, -0.1) is 0 Å². The Bertz CT molecular complexity index is 777. The first kappa shape index (κ1) is 20.5. The first-order valence-electron chi connectivity index (χ1n) is 7.99. The molecule has 1 aliphatic carbocycles. The quantitative estimate of drug-likeness (QED) is 0.597. The number of methoxy groups -OCH3 is 2. The average molecular weight is 403 g/mol. The smallest absolute Gasteiger partial charge is 0.342 e. The van der Waals surface area contributed by atoms with Crippen molar-refractivity contribution in [2.24, 2.45) is 0 Å². The van der Waals surface area contributed by atoms with Gasteiger partial charge >= 0.3 is 11.9 Å². The van der Waals surface area contributed by atoms with E-state index >= 15 is 0 Å². The van der Waals surface area contributed by atoms with Crippen LogP contribution in [0.15, 0.2) is 11.6 Å². The van der Waals surface area contributed by atoms with Gasteiger partial charge in [0.05, 0.1) is 25.5 Å². The maximum absolute atomic E-state index is 12.4. The molecule has 0 aliphatic heterocycles. The van der Waals surface area contributed by atoms with Crippen LogP contribution in [0, 0.1) is 0 Å². The summed E-state index contributed by atoms with van der Waals surface area (Å²) in [6, 6.07) is 1.36. The van der Waals surface area contributed by atoms with E-state index in [0.29, 0.717) is 18.8 Å². The zero-order valence-electron chi connectivity index (χ0n) is 14.9. The molecule has 0 radical (unpaired) electrons. The number of nitrogens with zero attached hydrogens (tertiary/aromatic N) is 2. The second-order valence-electron chi connectivity index (χ2n) is 5.68. The van der Waals surface area contributed by atoms with Crippen molar-refractivity contribution in [3.05, 3.63) is 33.1 Å². The highest BCUT2D eigenvalue weighted by Crippen LogP contribution is 2.46. The number of halogens is 2. The molecule has 7 nitrogen and oxygen atoms in total. The van der Waals surface area contributed by atoms with Crippen LogP contribution in [0.3, 0.4) is 0 Å². The van der Waals surface area contributed by atoms with Crippen LogP contribution in [-0.4, -0.2) is 54.2 Å². The van der Waals surface area contributed by atoms with Gasteiger partial charge in [0.2, 0.25) is 0 Å². The Morgan fingerprint density at radius 3 is 2.38 bits per heavy atom. The van der Waals surface area contributed by atoms with Gasteiger partial charge in [0, 0.05) is 30.6 Å². The van der Waals surface area contributed by atoms with Crippen LogP contribution in [-0.2, 0) is 24.7 Å². The van der Waals surface area contributed by atoms with Gasteiger partial charge in [0.25, 0.3) is 0 Å². The molecule has 1 N–H and O–H groups in total. The van der Waals surface area contributed by atoms with Crippen molar-refractivity contribution in [1.29, 1.82) is 0 Å². The van der Waals surface area contributed by atoms with Crippen molar-refractivity contribution >= 4 is 40.8 Å². The third-order valence-corrected chi connectivity index (χ3v) is 4.85. The van der Waals surface area contributed by atoms with E-state index < -0.39 is 17.5 Å². The van der Waals surface area contributed by atoms with Gasteiger partial charge in [-0.3, -0.25) is 0 Å². The lowest BCUT2D eigenvalue weighted by molar-refractivity contribution is -0.164. The predicted molar refractivity (Wildman–Crippen MR) is 96.6 cm³/mol. The number of carbonyl (C=O) groups is 2. The molecule has 1 unspecified atom stereocenters. The molecule has 0 saturated heterocycles. The summed E-state index contributed by atoms with van der Waals surface area (Å²) >= 11 is 12.3. The number of hydrogen-bond acceptors (Lipinski definition) is 7. The van der Waals surface area contributed by atoms with Crippen molar-refractivity contribution in [2.75, 3.05) is 27.3 Å². The summed E-state index contributed by atoms with van der Waals surface area (Å²) in [5, 5.41) is 11.1. The molecule has 0 amide bonds. The van der Waals surface area contributed by atoms with Gasteiger partial charge < -0.3 is 19.5 Å². The van der Waals surface area contributed by atoms with Crippen LogP contribution >= 0.6 is 23.2 Å². The lowest BCUT2D eigenvalue weighted by Gasteiger charge is -2.38. The number of fused-ring (bicyclic) bond motifs is 1. The van der Waals surface area contributed by atoms with Gasteiger partial charge in [-0.2, -0.15) is 0 Å². The highest BCUT2D eigenvalue weighted by atomic mass is 35.5. The number of rotatable bonds is 5. The number of carbonyl (C=O) groups excluding carboxylic acids is 2. The normalized spacial score (nSPS) is 19.0. The summed E-state index contributed by atoms with van der Waals surface area (Å²) in [6.07, 6.45) is -0.331. The van der Waals surface area contributed by atoms with E-state index in [4.69, 9.17) is 32.7 Å². The van der Waals surface area contributed by atoms with E-state index in [2.05, 4.69) is 4.98 Å². The number of ether oxygens (including phenoxy) is 2. The molecule has 0 saturated carbocycles. The van der Waals surface area contributed by atoms with Crippen molar-refractivity contribution < 1.29 is 24.2 Å². The minimum absolute atomic E-state index is 0.0106. The third kappa shape index (κ3) is 3.26. The Balaban J connectivity index is 2.93. The van der Waals surface area contributed by atoms with Crippen molar-refractivity contribution in [2.45, 2.75) is 25.9 Å². The number of pyridine rings is 1. The fourth-order valence-corrected chi connectivity index (χ4v) is 3.67. The van der Waals surface area contributed by atoms with E-state index in [-0.39, 0.29) is 33.4 Å². The Hall–Kier alpha value is -1.83.